The Hall–Kier alpha value is -6.66. The third-order valence-electron chi connectivity index (χ3n) is 7.40. The Labute approximate surface area is 282 Å². The summed E-state index contributed by atoms with van der Waals surface area (Å²) in [5.74, 6) is 0.0515. The Morgan fingerprint density at radius 2 is 1.16 bits per heavy atom. The van der Waals surface area contributed by atoms with Gasteiger partial charge in [0.1, 0.15) is 0 Å². The molecule has 3 heterocycles. The van der Waals surface area contributed by atoms with Crippen LogP contribution in [-0.2, 0) is 17.6 Å². The zero-order valence-corrected chi connectivity index (χ0v) is 26.4. The molecule has 246 valence electrons. The lowest BCUT2D eigenvalue weighted by Gasteiger charge is -2.11. The number of rotatable bonds is 9. The van der Waals surface area contributed by atoms with Gasteiger partial charge in [0.05, 0.1) is 28.0 Å². The van der Waals surface area contributed by atoms with Gasteiger partial charge in [-0.2, -0.15) is 15.3 Å². The molecule has 0 aliphatic heterocycles. The summed E-state index contributed by atoms with van der Waals surface area (Å²) in [6, 6.07) is 36.9. The van der Waals surface area contributed by atoms with E-state index in [1.54, 1.807) is 36.8 Å². The average Bonchev–Trinajstić information content (AvgIpc) is 3.95. The number of aromatic nitrogens is 6. The minimum Gasteiger partial charge on any atom is -0.399 e. The van der Waals surface area contributed by atoms with Crippen LogP contribution in [0.3, 0.4) is 0 Å². The number of Topliss-reactive ketones (excluding diaryl/α,β-unsaturated/α-hetero) is 1. The van der Waals surface area contributed by atoms with Gasteiger partial charge in [-0.15, -0.1) is 0 Å². The number of H-pyrrole nitrogens is 3. The number of carbonyl (C=O) groups excluding carboxylic acids is 1. The van der Waals surface area contributed by atoms with Crippen LogP contribution < -0.4 is 11.5 Å². The molecule has 0 spiro atoms. The van der Waals surface area contributed by atoms with Crippen molar-refractivity contribution in [3.63, 3.8) is 0 Å². The average molecular weight is 654 g/mol. The van der Waals surface area contributed by atoms with Gasteiger partial charge in [-0.25, -0.2) is 0 Å². The summed E-state index contributed by atoms with van der Waals surface area (Å²) in [6.45, 7) is 0. The van der Waals surface area contributed by atoms with Gasteiger partial charge in [0.25, 0.3) is 5.69 Å². The Bertz CT molecular complexity index is 2040. The van der Waals surface area contributed by atoms with Gasteiger partial charge in [-0.1, -0.05) is 72.8 Å². The van der Waals surface area contributed by atoms with E-state index >= 15 is 0 Å². The molecule has 0 aliphatic rings. The van der Waals surface area contributed by atoms with Crippen molar-refractivity contribution in [1.82, 2.24) is 30.6 Å². The van der Waals surface area contributed by atoms with Crippen LogP contribution in [0, 0.1) is 10.1 Å². The molecule has 1 atom stereocenters. The highest BCUT2D eigenvalue weighted by Crippen LogP contribution is 2.22. The Balaban J connectivity index is 0.000000154. The van der Waals surface area contributed by atoms with Crippen molar-refractivity contribution in [1.29, 1.82) is 0 Å². The summed E-state index contributed by atoms with van der Waals surface area (Å²) in [5.41, 5.74) is 20.1. The standard InChI is InChI=1S/C19H19N3O.C9H7N3O2.C9H9N3/c20-17(12-14-5-2-1-3-6-14)19(23)13-15-7-4-8-16(11-15)18-9-10-21-22-18;13-12(14)8-3-1-2-7(6-8)9-4-5-10-11-9;10-8-3-1-2-7(6-8)9-4-5-11-12-9/h1-11,17H,12-13,20H2,(H,21,22);1-6H,(H,10,11);1-6H,10H2,(H,11,12)/t17-;;/m0../s1. The zero-order chi connectivity index (χ0) is 34.4. The first-order valence-corrected chi connectivity index (χ1v) is 15.4. The molecule has 7 rings (SSSR count). The lowest BCUT2D eigenvalue weighted by molar-refractivity contribution is -0.384. The van der Waals surface area contributed by atoms with Gasteiger partial charge in [-0.3, -0.25) is 30.2 Å². The molecule has 12 nitrogen and oxygen atoms in total. The van der Waals surface area contributed by atoms with Gasteiger partial charge < -0.3 is 11.5 Å². The topological polar surface area (TPSA) is 198 Å². The van der Waals surface area contributed by atoms with E-state index < -0.39 is 11.0 Å². The van der Waals surface area contributed by atoms with Gasteiger partial charge in [0.15, 0.2) is 5.78 Å². The highest BCUT2D eigenvalue weighted by molar-refractivity contribution is 5.86. The fourth-order valence-corrected chi connectivity index (χ4v) is 4.91. The van der Waals surface area contributed by atoms with Crippen LogP contribution in [0.4, 0.5) is 11.4 Å². The van der Waals surface area contributed by atoms with Crippen LogP contribution in [0.25, 0.3) is 33.8 Å². The summed E-state index contributed by atoms with van der Waals surface area (Å²) >= 11 is 0. The molecule has 0 fully saturated rings. The third-order valence-corrected chi connectivity index (χ3v) is 7.40. The number of ketones is 1. The van der Waals surface area contributed by atoms with Gasteiger partial charge >= 0.3 is 0 Å². The van der Waals surface area contributed by atoms with Crippen molar-refractivity contribution in [2.75, 3.05) is 5.73 Å². The van der Waals surface area contributed by atoms with Crippen molar-refractivity contribution in [2.24, 2.45) is 5.73 Å². The predicted octanol–water partition coefficient (Wildman–Crippen LogP) is 6.40. The van der Waals surface area contributed by atoms with Crippen molar-refractivity contribution in [3.8, 4) is 33.8 Å². The number of nitrogens with zero attached hydrogens (tertiary/aromatic N) is 4. The van der Waals surface area contributed by atoms with E-state index in [1.165, 1.54) is 12.1 Å². The quantitative estimate of drug-likeness (QED) is 0.0669. The number of nitrogens with one attached hydrogen (secondary N) is 3. The molecule has 0 radical (unpaired) electrons. The largest absolute Gasteiger partial charge is 0.399 e. The molecule has 12 heteroatoms. The molecule has 0 saturated heterocycles. The number of benzene rings is 4. The molecule has 0 amide bonds. The van der Waals surface area contributed by atoms with Crippen LogP contribution in [0.1, 0.15) is 11.1 Å². The summed E-state index contributed by atoms with van der Waals surface area (Å²) in [6.07, 6.45) is 5.95. The first kappa shape index (κ1) is 33.7. The van der Waals surface area contributed by atoms with Gasteiger partial charge in [0, 0.05) is 54.0 Å². The number of nitro groups is 1. The molecule has 7 aromatic rings. The van der Waals surface area contributed by atoms with E-state index in [-0.39, 0.29) is 11.5 Å². The fourth-order valence-electron chi connectivity index (χ4n) is 4.91. The van der Waals surface area contributed by atoms with Crippen molar-refractivity contribution in [3.05, 3.63) is 161 Å². The highest BCUT2D eigenvalue weighted by atomic mass is 16.6. The molecule has 7 N–H and O–H groups in total. The maximum Gasteiger partial charge on any atom is 0.270 e. The first-order valence-electron chi connectivity index (χ1n) is 15.4. The van der Waals surface area contributed by atoms with E-state index in [4.69, 9.17) is 11.5 Å². The number of carbonyl (C=O) groups is 1. The number of hydrogen-bond donors (Lipinski definition) is 5. The van der Waals surface area contributed by atoms with E-state index in [1.807, 2.05) is 91.0 Å². The molecule has 0 saturated carbocycles. The van der Waals surface area contributed by atoms with Gasteiger partial charge in [0.2, 0.25) is 0 Å². The molecule has 0 unspecified atom stereocenters. The maximum absolute atomic E-state index is 12.4. The fraction of sp³-hybridized carbons (Fsp3) is 0.0811. The first-order chi connectivity index (χ1) is 23.9. The summed E-state index contributed by atoms with van der Waals surface area (Å²) in [4.78, 5) is 22.5. The number of non-ortho nitro benzene ring substituents is 1. The summed E-state index contributed by atoms with van der Waals surface area (Å²) in [7, 11) is 0. The number of aromatic amines is 3. The van der Waals surface area contributed by atoms with E-state index in [0.717, 1.165) is 50.6 Å². The van der Waals surface area contributed by atoms with Crippen LogP contribution in [0.15, 0.2) is 140 Å². The minimum absolute atomic E-state index is 0.0515. The maximum atomic E-state index is 12.4. The van der Waals surface area contributed by atoms with Crippen LogP contribution in [0.5, 0.6) is 0 Å². The molecule has 0 aliphatic carbocycles. The van der Waals surface area contributed by atoms with E-state index in [0.29, 0.717) is 12.8 Å². The second-order valence-electron chi connectivity index (χ2n) is 11.0. The second kappa shape index (κ2) is 16.8. The zero-order valence-electron chi connectivity index (χ0n) is 26.4. The molecular formula is C37H35N9O3. The van der Waals surface area contributed by atoms with Crippen LogP contribution in [-0.4, -0.2) is 47.3 Å². The van der Waals surface area contributed by atoms with Crippen molar-refractivity contribution >= 4 is 17.2 Å². The summed E-state index contributed by atoms with van der Waals surface area (Å²) in [5, 5.41) is 30.6. The Kier molecular flexibility index (Phi) is 11.5. The smallest absolute Gasteiger partial charge is 0.270 e. The van der Waals surface area contributed by atoms with Crippen LogP contribution in [0.2, 0.25) is 0 Å². The number of hydrogen-bond acceptors (Lipinski definition) is 8. The SMILES string of the molecule is N[C@@H](Cc1ccccc1)C(=O)Cc1cccc(-c2ccn[nH]2)c1.Nc1cccc(-c2ccn[nH]2)c1.O=[N+]([O-])c1cccc(-c2ccn[nH]2)c1. The van der Waals surface area contributed by atoms with Crippen molar-refractivity contribution < 1.29 is 9.72 Å². The Morgan fingerprint density at radius 1 is 0.653 bits per heavy atom. The van der Waals surface area contributed by atoms with E-state index in [2.05, 4.69) is 30.6 Å². The van der Waals surface area contributed by atoms with Gasteiger partial charge in [-0.05, 0) is 59.5 Å². The highest BCUT2D eigenvalue weighted by Gasteiger charge is 2.15. The summed E-state index contributed by atoms with van der Waals surface area (Å²) < 4.78 is 0. The van der Waals surface area contributed by atoms with Crippen LogP contribution >= 0.6 is 0 Å². The van der Waals surface area contributed by atoms with Crippen molar-refractivity contribution in [2.45, 2.75) is 18.9 Å². The minimum atomic E-state index is -0.479. The third kappa shape index (κ3) is 9.91. The number of nitro benzene ring substituents is 1. The number of nitrogen functional groups attached to an aromatic ring is 1. The molecule has 49 heavy (non-hydrogen) atoms. The predicted molar refractivity (Wildman–Crippen MR) is 190 cm³/mol. The Morgan fingerprint density at radius 3 is 1.69 bits per heavy atom. The second-order valence-corrected chi connectivity index (χ2v) is 11.0. The lowest BCUT2D eigenvalue weighted by atomic mass is 9.97. The molecule has 4 aromatic carbocycles. The monoisotopic (exact) mass is 653 g/mol. The molecule has 0 bridgehead atoms. The lowest BCUT2D eigenvalue weighted by Crippen LogP contribution is -2.33. The molecule has 3 aromatic heterocycles. The number of nitrogens with two attached hydrogens (primary N) is 2. The van der Waals surface area contributed by atoms with E-state index in [9.17, 15) is 14.9 Å². The normalized spacial score (nSPS) is 11.0. The molecular weight excluding hydrogens is 618 g/mol. The number of anilines is 1.